The van der Waals surface area contributed by atoms with Gasteiger partial charge in [-0.2, -0.15) is 0 Å². The van der Waals surface area contributed by atoms with Crippen LogP contribution in [0.3, 0.4) is 0 Å². The molecule has 0 unspecified atom stereocenters. The first kappa shape index (κ1) is 22.5. The van der Waals surface area contributed by atoms with Crippen molar-refractivity contribution in [1.82, 2.24) is 14.9 Å². The summed E-state index contributed by atoms with van der Waals surface area (Å²) in [5.74, 6) is 0.876. The maximum absolute atomic E-state index is 12.5. The lowest BCUT2D eigenvalue weighted by Gasteiger charge is -2.40. The minimum absolute atomic E-state index is 0.0826. The molecule has 2 amide bonds. The van der Waals surface area contributed by atoms with Gasteiger partial charge >= 0.3 is 0 Å². The number of pyridine rings is 2. The third kappa shape index (κ3) is 5.55. The van der Waals surface area contributed by atoms with Crippen molar-refractivity contribution in [1.29, 1.82) is 0 Å². The van der Waals surface area contributed by atoms with Crippen LogP contribution in [-0.2, 0) is 16.0 Å². The van der Waals surface area contributed by atoms with Crippen LogP contribution in [0.2, 0.25) is 0 Å². The van der Waals surface area contributed by atoms with Crippen molar-refractivity contribution >= 4 is 23.3 Å². The van der Waals surface area contributed by atoms with Crippen molar-refractivity contribution in [2.45, 2.75) is 33.2 Å². The Morgan fingerprint density at radius 2 is 1.82 bits per heavy atom. The Bertz CT molecular complexity index is 1130. The predicted octanol–water partition coefficient (Wildman–Crippen LogP) is 3.69. The largest absolute Gasteiger partial charge is 0.353 e. The zero-order chi connectivity index (χ0) is 23.4. The lowest BCUT2D eigenvalue weighted by atomic mass is 10.0. The molecular weight excluding hydrogens is 414 g/mol. The first-order valence-corrected chi connectivity index (χ1v) is 11.2. The quantitative estimate of drug-likeness (QED) is 0.651. The van der Waals surface area contributed by atoms with Crippen molar-refractivity contribution in [2.75, 3.05) is 29.9 Å². The molecule has 2 aromatic heterocycles. The van der Waals surface area contributed by atoms with Crippen LogP contribution >= 0.6 is 0 Å². The smallest absolute Gasteiger partial charge is 0.228 e. The SMILES string of the molecule is CC(=O)N1CCN(c2ccc(NC(=O)Cc3ccc(-c4ccnc(C)c4)cc3)cn2)C[C@@H]1C. The van der Waals surface area contributed by atoms with Crippen molar-refractivity contribution in [3.8, 4) is 11.1 Å². The molecule has 1 aromatic carbocycles. The van der Waals surface area contributed by atoms with Crippen LogP contribution < -0.4 is 10.2 Å². The molecule has 0 saturated carbocycles. The molecule has 1 aliphatic rings. The molecule has 33 heavy (non-hydrogen) atoms. The van der Waals surface area contributed by atoms with E-state index in [2.05, 4.69) is 20.2 Å². The molecule has 170 valence electrons. The highest BCUT2D eigenvalue weighted by Gasteiger charge is 2.25. The van der Waals surface area contributed by atoms with Gasteiger partial charge in [0.15, 0.2) is 0 Å². The van der Waals surface area contributed by atoms with Gasteiger partial charge in [0.25, 0.3) is 0 Å². The average molecular weight is 444 g/mol. The Labute approximate surface area is 194 Å². The van der Waals surface area contributed by atoms with E-state index in [0.29, 0.717) is 18.7 Å². The normalized spacial score (nSPS) is 15.9. The van der Waals surface area contributed by atoms with E-state index in [9.17, 15) is 9.59 Å². The summed E-state index contributed by atoms with van der Waals surface area (Å²) in [5, 5.41) is 2.92. The van der Waals surface area contributed by atoms with Crippen molar-refractivity contribution in [3.05, 3.63) is 72.2 Å². The number of nitrogens with zero attached hydrogens (tertiary/aromatic N) is 4. The number of hydrogen-bond donors (Lipinski definition) is 1. The Hall–Kier alpha value is -3.74. The van der Waals surface area contributed by atoms with Crippen LogP contribution in [0.15, 0.2) is 60.9 Å². The summed E-state index contributed by atoms with van der Waals surface area (Å²) in [4.78, 5) is 37.0. The fourth-order valence-corrected chi connectivity index (χ4v) is 4.21. The van der Waals surface area contributed by atoms with E-state index >= 15 is 0 Å². The third-order valence-corrected chi connectivity index (χ3v) is 5.94. The van der Waals surface area contributed by atoms with E-state index < -0.39 is 0 Å². The third-order valence-electron chi connectivity index (χ3n) is 5.94. The molecule has 1 saturated heterocycles. The van der Waals surface area contributed by atoms with E-state index in [0.717, 1.165) is 41.3 Å². The Kier molecular flexibility index (Phi) is 6.68. The van der Waals surface area contributed by atoms with E-state index in [-0.39, 0.29) is 17.9 Å². The molecule has 1 atom stereocenters. The van der Waals surface area contributed by atoms with Crippen LogP contribution in [0.5, 0.6) is 0 Å². The first-order chi connectivity index (χ1) is 15.9. The summed E-state index contributed by atoms with van der Waals surface area (Å²) in [6.07, 6.45) is 3.78. The van der Waals surface area contributed by atoms with Crippen LogP contribution in [-0.4, -0.2) is 52.4 Å². The fraction of sp³-hybridized carbons (Fsp3) is 0.308. The molecule has 0 spiro atoms. The number of carbonyl (C=O) groups is 2. The highest BCUT2D eigenvalue weighted by Crippen LogP contribution is 2.21. The van der Waals surface area contributed by atoms with E-state index in [1.165, 1.54) is 0 Å². The summed E-state index contributed by atoms with van der Waals surface area (Å²) < 4.78 is 0. The van der Waals surface area contributed by atoms with E-state index in [4.69, 9.17) is 0 Å². The number of piperazine rings is 1. The molecule has 7 heteroatoms. The second kappa shape index (κ2) is 9.81. The summed E-state index contributed by atoms with van der Waals surface area (Å²) >= 11 is 0. The number of aromatic nitrogens is 2. The van der Waals surface area contributed by atoms with E-state index in [1.807, 2.05) is 67.3 Å². The zero-order valence-corrected chi connectivity index (χ0v) is 19.3. The van der Waals surface area contributed by atoms with Gasteiger partial charge in [-0.25, -0.2) is 4.98 Å². The zero-order valence-electron chi connectivity index (χ0n) is 19.3. The van der Waals surface area contributed by atoms with Gasteiger partial charge in [0.2, 0.25) is 11.8 Å². The number of aryl methyl sites for hydroxylation is 1. The molecule has 0 radical (unpaired) electrons. The molecular formula is C26H29N5O2. The number of anilines is 2. The van der Waals surface area contributed by atoms with Gasteiger partial charge in [-0.05, 0) is 54.8 Å². The minimum Gasteiger partial charge on any atom is -0.353 e. The van der Waals surface area contributed by atoms with Gasteiger partial charge in [-0.3, -0.25) is 14.6 Å². The summed E-state index contributed by atoms with van der Waals surface area (Å²) in [7, 11) is 0. The van der Waals surface area contributed by atoms with Crippen LogP contribution in [0, 0.1) is 6.92 Å². The number of nitrogens with one attached hydrogen (secondary N) is 1. The Balaban J connectivity index is 1.32. The highest BCUT2D eigenvalue weighted by atomic mass is 16.2. The fourth-order valence-electron chi connectivity index (χ4n) is 4.21. The lowest BCUT2D eigenvalue weighted by molar-refractivity contribution is -0.131. The molecule has 1 N–H and O–H groups in total. The summed E-state index contributed by atoms with van der Waals surface area (Å²) in [5.41, 5.74) is 4.81. The molecule has 4 rings (SSSR count). The maximum atomic E-state index is 12.5. The van der Waals surface area contributed by atoms with E-state index in [1.54, 1.807) is 19.3 Å². The molecule has 3 aromatic rings. The first-order valence-electron chi connectivity index (χ1n) is 11.2. The summed E-state index contributed by atoms with van der Waals surface area (Å²) in [6, 6.07) is 16.0. The molecule has 1 fully saturated rings. The molecule has 3 heterocycles. The monoisotopic (exact) mass is 443 g/mol. The van der Waals surface area contributed by atoms with Crippen LogP contribution in [0.25, 0.3) is 11.1 Å². The maximum Gasteiger partial charge on any atom is 0.228 e. The van der Waals surface area contributed by atoms with Crippen molar-refractivity contribution < 1.29 is 9.59 Å². The summed E-state index contributed by atoms with van der Waals surface area (Å²) in [6.45, 7) is 7.81. The molecule has 0 aliphatic carbocycles. The number of benzene rings is 1. The Morgan fingerprint density at radius 3 is 2.45 bits per heavy atom. The van der Waals surface area contributed by atoms with Gasteiger partial charge in [0.05, 0.1) is 18.3 Å². The number of rotatable bonds is 5. The molecule has 0 bridgehead atoms. The standard InChI is InChI=1S/C26H29N5O2/c1-18-14-23(10-11-27-18)22-6-4-21(5-7-22)15-26(33)29-24-8-9-25(28-16-24)30-12-13-31(20(3)32)19(2)17-30/h4-11,14,16,19H,12-13,15,17H2,1-3H3,(H,29,33)/t19-/m0/s1. The highest BCUT2D eigenvalue weighted by molar-refractivity contribution is 5.92. The second-order valence-corrected chi connectivity index (χ2v) is 8.52. The van der Waals surface area contributed by atoms with Crippen LogP contribution in [0.4, 0.5) is 11.5 Å². The van der Waals surface area contributed by atoms with Gasteiger partial charge < -0.3 is 15.1 Å². The number of hydrogen-bond acceptors (Lipinski definition) is 5. The topological polar surface area (TPSA) is 78.4 Å². The van der Waals surface area contributed by atoms with Gasteiger partial charge in [0, 0.05) is 44.5 Å². The second-order valence-electron chi connectivity index (χ2n) is 8.52. The predicted molar refractivity (Wildman–Crippen MR) is 130 cm³/mol. The number of amides is 2. The number of carbonyl (C=O) groups excluding carboxylic acids is 2. The van der Waals surface area contributed by atoms with Gasteiger partial charge in [0.1, 0.15) is 5.82 Å². The Morgan fingerprint density at radius 1 is 1.03 bits per heavy atom. The lowest BCUT2D eigenvalue weighted by Crippen LogP contribution is -2.53. The van der Waals surface area contributed by atoms with Crippen molar-refractivity contribution in [3.63, 3.8) is 0 Å². The minimum atomic E-state index is -0.0826. The van der Waals surface area contributed by atoms with Crippen LogP contribution in [0.1, 0.15) is 25.1 Å². The average Bonchev–Trinajstić information content (AvgIpc) is 2.80. The van der Waals surface area contributed by atoms with Crippen molar-refractivity contribution in [2.24, 2.45) is 0 Å². The van der Waals surface area contributed by atoms with Gasteiger partial charge in [-0.1, -0.05) is 24.3 Å². The molecule has 7 nitrogen and oxygen atoms in total. The van der Waals surface area contributed by atoms with Gasteiger partial charge in [-0.15, -0.1) is 0 Å². The molecule has 1 aliphatic heterocycles.